The Hall–Kier alpha value is -1.47. The molecule has 1 rings (SSSR count). The molecule has 1 aromatic carbocycles. The molecule has 0 saturated carbocycles. The van der Waals surface area contributed by atoms with E-state index in [2.05, 4.69) is 5.32 Å². The molecule has 2 N–H and O–H groups in total. The average Bonchev–Trinajstić information content (AvgIpc) is 2.37. The maximum atomic E-state index is 12.8. The number of amides is 1. The second-order valence-corrected chi connectivity index (χ2v) is 5.17. The summed E-state index contributed by atoms with van der Waals surface area (Å²) >= 11 is 6.94. The minimum atomic E-state index is -0.893. The van der Waals surface area contributed by atoms with Crippen molar-refractivity contribution in [2.75, 3.05) is 24.7 Å². The van der Waals surface area contributed by atoms with Crippen LogP contribution in [0.5, 0.6) is 5.75 Å². The van der Waals surface area contributed by atoms with Gasteiger partial charge in [-0.1, -0.05) is 11.6 Å². The summed E-state index contributed by atoms with van der Waals surface area (Å²) in [5, 5.41) is 11.1. The zero-order valence-corrected chi connectivity index (χ0v) is 12.0. The molecule has 1 amide bonds. The topological polar surface area (TPSA) is 75.6 Å². The van der Waals surface area contributed by atoms with Gasteiger partial charge in [-0.15, -0.1) is 11.8 Å². The van der Waals surface area contributed by atoms with Crippen molar-refractivity contribution in [3.8, 4) is 5.75 Å². The normalized spacial score (nSPS) is 10.1. The van der Waals surface area contributed by atoms with E-state index in [0.29, 0.717) is 12.3 Å². The molecule has 0 bridgehead atoms. The standard InChI is InChI=1S/C12H13ClFNO4S/c13-9-5-8(14)1-2-10(9)19-6-11(16)15-3-4-20-7-12(17)18/h1-2,5H,3-4,6-7H2,(H,15,16)(H,17,18). The Morgan fingerprint density at radius 2 is 2.20 bits per heavy atom. The van der Waals surface area contributed by atoms with Crippen molar-refractivity contribution in [2.45, 2.75) is 0 Å². The van der Waals surface area contributed by atoms with Crippen LogP contribution >= 0.6 is 23.4 Å². The Bertz CT molecular complexity index is 487. The van der Waals surface area contributed by atoms with Crippen LogP contribution < -0.4 is 10.1 Å². The number of thioether (sulfide) groups is 1. The minimum Gasteiger partial charge on any atom is -0.482 e. The highest BCUT2D eigenvalue weighted by molar-refractivity contribution is 7.99. The summed E-state index contributed by atoms with van der Waals surface area (Å²) in [5.74, 6) is -1.02. The van der Waals surface area contributed by atoms with Crippen molar-refractivity contribution < 1.29 is 23.8 Å². The number of hydrogen-bond donors (Lipinski definition) is 2. The first-order valence-electron chi connectivity index (χ1n) is 5.63. The molecule has 0 unspecified atom stereocenters. The summed E-state index contributed by atoms with van der Waals surface area (Å²) < 4.78 is 17.9. The molecule has 1 aromatic rings. The van der Waals surface area contributed by atoms with Crippen LogP contribution in [0.3, 0.4) is 0 Å². The molecule has 0 aromatic heterocycles. The van der Waals surface area contributed by atoms with Crippen molar-refractivity contribution in [1.82, 2.24) is 5.32 Å². The molecule has 0 aliphatic heterocycles. The first-order chi connectivity index (χ1) is 9.49. The van der Waals surface area contributed by atoms with E-state index in [1.807, 2.05) is 0 Å². The summed E-state index contributed by atoms with van der Waals surface area (Å²) in [5.41, 5.74) is 0. The fourth-order valence-corrected chi connectivity index (χ4v) is 2.00. The van der Waals surface area contributed by atoms with Crippen molar-refractivity contribution >= 4 is 35.2 Å². The van der Waals surface area contributed by atoms with Gasteiger partial charge in [-0.3, -0.25) is 9.59 Å². The number of ether oxygens (including phenoxy) is 1. The summed E-state index contributed by atoms with van der Waals surface area (Å²) in [4.78, 5) is 21.7. The van der Waals surface area contributed by atoms with Crippen molar-refractivity contribution in [1.29, 1.82) is 0 Å². The quantitative estimate of drug-likeness (QED) is 0.714. The molecule has 8 heteroatoms. The van der Waals surface area contributed by atoms with Gasteiger partial charge < -0.3 is 15.2 Å². The number of nitrogens with one attached hydrogen (secondary N) is 1. The third-order valence-electron chi connectivity index (χ3n) is 2.05. The highest BCUT2D eigenvalue weighted by Crippen LogP contribution is 2.24. The molecule has 0 spiro atoms. The lowest BCUT2D eigenvalue weighted by atomic mass is 10.3. The van der Waals surface area contributed by atoms with Gasteiger partial charge in [0.2, 0.25) is 0 Å². The van der Waals surface area contributed by atoms with Crippen LogP contribution in [-0.4, -0.2) is 41.6 Å². The van der Waals surface area contributed by atoms with Gasteiger partial charge in [0.25, 0.3) is 5.91 Å². The van der Waals surface area contributed by atoms with Crippen LogP contribution in [0.2, 0.25) is 5.02 Å². The monoisotopic (exact) mass is 321 g/mol. The number of carbonyl (C=O) groups is 2. The summed E-state index contributed by atoms with van der Waals surface area (Å²) in [7, 11) is 0. The minimum absolute atomic E-state index is 0.00242. The highest BCUT2D eigenvalue weighted by Gasteiger charge is 2.06. The zero-order valence-electron chi connectivity index (χ0n) is 10.4. The number of rotatable bonds is 8. The van der Waals surface area contributed by atoms with E-state index >= 15 is 0 Å². The number of carboxylic acids is 1. The van der Waals surface area contributed by atoms with E-state index in [4.69, 9.17) is 21.4 Å². The summed E-state index contributed by atoms with van der Waals surface area (Å²) in [6.45, 7) is 0.103. The van der Waals surface area contributed by atoms with E-state index < -0.39 is 11.8 Å². The Labute approximate surface area is 124 Å². The summed E-state index contributed by atoms with van der Waals surface area (Å²) in [6.07, 6.45) is 0. The average molecular weight is 322 g/mol. The molecule has 0 atom stereocenters. The number of benzene rings is 1. The van der Waals surface area contributed by atoms with Gasteiger partial charge in [0, 0.05) is 12.3 Å². The highest BCUT2D eigenvalue weighted by atomic mass is 35.5. The van der Waals surface area contributed by atoms with Crippen LogP contribution in [0, 0.1) is 5.82 Å². The second-order valence-electron chi connectivity index (χ2n) is 3.66. The molecule has 0 saturated heterocycles. The Morgan fingerprint density at radius 1 is 1.45 bits per heavy atom. The lowest BCUT2D eigenvalue weighted by Gasteiger charge is -2.08. The van der Waals surface area contributed by atoms with E-state index in [1.54, 1.807) is 0 Å². The molecule has 110 valence electrons. The van der Waals surface area contributed by atoms with Crippen LogP contribution in [-0.2, 0) is 9.59 Å². The van der Waals surface area contributed by atoms with Gasteiger partial charge in [-0.2, -0.15) is 0 Å². The molecule has 20 heavy (non-hydrogen) atoms. The molecular weight excluding hydrogens is 309 g/mol. The van der Waals surface area contributed by atoms with Gasteiger partial charge >= 0.3 is 5.97 Å². The number of halogens is 2. The van der Waals surface area contributed by atoms with Gasteiger partial charge in [0.1, 0.15) is 11.6 Å². The Balaban J connectivity index is 2.21. The molecule has 5 nitrogen and oxygen atoms in total. The first-order valence-corrected chi connectivity index (χ1v) is 7.16. The lowest BCUT2D eigenvalue weighted by Crippen LogP contribution is -2.30. The second kappa shape index (κ2) is 8.65. The SMILES string of the molecule is O=C(O)CSCCNC(=O)COc1ccc(F)cc1Cl. The van der Waals surface area contributed by atoms with Gasteiger partial charge in [-0.25, -0.2) is 4.39 Å². The predicted octanol–water partition coefficient (Wildman–Crippen LogP) is 1.79. The first kappa shape index (κ1) is 16.6. The molecule has 0 fully saturated rings. The number of carbonyl (C=O) groups excluding carboxylic acids is 1. The Morgan fingerprint density at radius 3 is 2.85 bits per heavy atom. The van der Waals surface area contributed by atoms with Gasteiger partial charge in [0.15, 0.2) is 6.61 Å². The molecule has 0 aliphatic rings. The molecule has 0 aliphatic carbocycles. The largest absolute Gasteiger partial charge is 0.482 e. The third-order valence-corrected chi connectivity index (χ3v) is 3.29. The van der Waals surface area contributed by atoms with E-state index in [9.17, 15) is 14.0 Å². The molecular formula is C12H13ClFNO4S. The zero-order chi connectivity index (χ0) is 15.0. The fourth-order valence-electron chi connectivity index (χ4n) is 1.21. The smallest absolute Gasteiger partial charge is 0.313 e. The predicted molar refractivity (Wildman–Crippen MR) is 74.9 cm³/mol. The van der Waals surface area contributed by atoms with Crippen molar-refractivity contribution in [3.05, 3.63) is 29.0 Å². The molecule has 0 heterocycles. The van der Waals surface area contributed by atoms with E-state index in [-0.39, 0.29) is 29.0 Å². The van der Waals surface area contributed by atoms with Crippen LogP contribution in [0.1, 0.15) is 0 Å². The Kier molecular flexibility index (Phi) is 7.17. The van der Waals surface area contributed by atoms with Crippen LogP contribution in [0.15, 0.2) is 18.2 Å². The van der Waals surface area contributed by atoms with Gasteiger partial charge in [-0.05, 0) is 18.2 Å². The summed E-state index contributed by atoms with van der Waals surface area (Å²) in [6, 6.07) is 3.62. The van der Waals surface area contributed by atoms with Crippen molar-refractivity contribution in [2.24, 2.45) is 0 Å². The van der Waals surface area contributed by atoms with Gasteiger partial charge in [0.05, 0.1) is 10.8 Å². The van der Waals surface area contributed by atoms with E-state index in [1.165, 1.54) is 23.9 Å². The lowest BCUT2D eigenvalue weighted by molar-refractivity contribution is -0.133. The number of aliphatic carboxylic acids is 1. The van der Waals surface area contributed by atoms with E-state index in [0.717, 1.165) is 6.07 Å². The maximum Gasteiger partial charge on any atom is 0.313 e. The number of carboxylic acid groups (broad SMARTS) is 1. The fraction of sp³-hybridized carbons (Fsp3) is 0.333. The van der Waals surface area contributed by atoms with Crippen molar-refractivity contribution in [3.63, 3.8) is 0 Å². The third kappa shape index (κ3) is 6.63. The molecule has 0 radical (unpaired) electrons. The number of hydrogen-bond acceptors (Lipinski definition) is 4. The van der Waals surface area contributed by atoms with Crippen LogP contribution in [0.4, 0.5) is 4.39 Å². The maximum absolute atomic E-state index is 12.8. The van der Waals surface area contributed by atoms with Crippen LogP contribution in [0.25, 0.3) is 0 Å².